The SMILES string of the molecule is CC(=O)[C@H](CN1C[C@@H](C)N[C@@H](C)C1)c1ccc(Cl)cc1. The van der Waals surface area contributed by atoms with E-state index in [1.54, 1.807) is 6.92 Å². The van der Waals surface area contributed by atoms with Gasteiger partial charge in [-0.25, -0.2) is 0 Å². The molecule has 1 aliphatic heterocycles. The summed E-state index contributed by atoms with van der Waals surface area (Å²) in [4.78, 5) is 14.4. The molecule has 1 heterocycles. The molecule has 110 valence electrons. The molecule has 1 fully saturated rings. The van der Waals surface area contributed by atoms with E-state index >= 15 is 0 Å². The van der Waals surface area contributed by atoms with E-state index in [9.17, 15) is 4.79 Å². The summed E-state index contributed by atoms with van der Waals surface area (Å²) in [7, 11) is 0. The summed E-state index contributed by atoms with van der Waals surface area (Å²) in [6, 6.07) is 8.58. The number of ketones is 1. The summed E-state index contributed by atoms with van der Waals surface area (Å²) in [6.45, 7) is 8.81. The Balaban J connectivity index is 2.09. The number of carbonyl (C=O) groups is 1. The minimum atomic E-state index is -0.0650. The summed E-state index contributed by atoms with van der Waals surface area (Å²) in [5, 5.41) is 4.22. The number of rotatable bonds is 4. The summed E-state index contributed by atoms with van der Waals surface area (Å²) in [5.41, 5.74) is 1.06. The van der Waals surface area contributed by atoms with Crippen molar-refractivity contribution in [2.75, 3.05) is 19.6 Å². The highest BCUT2D eigenvalue weighted by Gasteiger charge is 2.26. The van der Waals surface area contributed by atoms with E-state index in [2.05, 4.69) is 24.1 Å². The molecule has 4 heteroatoms. The van der Waals surface area contributed by atoms with Crippen LogP contribution in [-0.2, 0) is 4.79 Å². The van der Waals surface area contributed by atoms with Gasteiger partial charge in [0.1, 0.15) is 5.78 Å². The van der Waals surface area contributed by atoms with E-state index in [0.29, 0.717) is 17.1 Å². The van der Waals surface area contributed by atoms with Gasteiger partial charge in [-0.05, 0) is 38.5 Å². The van der Waals surface area contributed by atoms with Crippen LogP contribution in [0.15, 0.2) is 24.3 Å². The minimum absolute atomic E-state index is 0.0650. The second kappa shape index (κ2) is 6.70. The largest absolute Gasteiger partial charge is 0.309 e. The van der Waals surface area contributed by atoms with Gasteiger partial charge in [-0.2, -0.15) is 0 Å². The van der Waals surface area contributed by atoms with E-state index in [-0.39, 0.29) is 11.7 Å². The molecular formula is C16H23ClN2O. The molecule has 3 atom stereocenters. The van der Waals surface area contributed by atoms with Crippen molar-refractivity contribution < 1.29 is 4.79 Å². The summed E-state index contributed by atoms with van der Waals surface area (Å²) in [6.07, 6.45) is 0. The minimum Gasteiger partial charge on any atom is -0.309 e. The summed E-state index contributed by atoms with van der Waals surface area (Å²) >= 11 is 5.92. The van der Waals surface area contributed by atoms with Crippen LogP contribution in [0.3, 0.4) is 0 Å². The highest BCUT2D eigenvalue weighted by molar-refractivity contribution is 6.30. The lowest BCUT2D eigenvalue weighted by atomic mass is 9.94. The van der Waals surface area contributed by atoms with Crippen molar-refractivity contribution in [2.24, 2.45) is 0 Å². The number of hydrogen-bond acceptors (Lipinski definition) is 3. The molecule has 3 nitrogen and oxygen atoms in total. The van der Waals surface area contributed by atoms with E-state index in [1.165, 1.54) is 0 Å². The van der Waals surface area contributed by atoms with Crippen LogP contribution in [0.1, 0.15) is 32.3 Å². The Bertz CT molecular complexity index is 450. The maximum atomic E-state index is 12.0. The van der Waals surface area contributed by atoms with E-state index in [1.807, 2.05) is 24.3 Å². The summed E-state index contributed by atoms with van der Waals surface area (Å²) in [5.74, 6) is 0.149. The first-order valence-electron chi connectivity index (χ1n) is 7.20. The van der Waals surface area contributed by atoms with Gasteiger partial charge < -0.3 is 5.32 Å². The zero-order valence-electron chi connectivity index (χ0n) is 12.4. The Morgan fingerprint density at radius 3 is 2.35 bits per heavy atom. The first kappa shape index (κ1) is 15.5. The second-order valence-electron chi connectivity index (χ2n) is 5.90. The Morgan fingerprint density at radius 1 is 1.30 bits per heavy atom. The molecule has 1 aromatic rings. The van der Waals surface area contributed by atoms with Crippen molar-refractivity contribution in [1.29, 1.82) is 0 Å². The van der Waals surface area contributed by atoms with Gasteiger partial charge >= 0.3 is 0 Å². The number of nitrogens with one attached hydrogen (secondary N) is 1. The van der Waals surface area contributed by atoms with Crippen LogP contribution in [0.25, 0.3) is 0 Å². The quantitative estimate of drug-likeness (QED) is 0.927. The lowest BCUT2D eigenvalue weighted by molar-refractivity contribution is -0.119. The molecule has 0 bridgehead atoms. The number of hydrogen-bond donors (Lipinski definition) is 1. The fraction of sp³-hybridized carbons (Fsp3) is 0.562. The fourth-order valence-corrected chi connectivity index (χ4v) is 3.14. The highest BCUT2D eigenvalue weighted by Crippen LogP contribution is 2.21. The maximum absolute atomic E-state index is 12.0. The first-order valence-corrected chi connectivity index (χ1v) is 7.58. The maximum Gasteiger partial charge on any atom is 0.138 e. The number of piperazine rings is 1. The second-order valence-corrected chi connectivity index (χ2v) is 6.34. The number of carbonyl (C=O) groups excluding carboxylic acids is 1. The number of halogens is 1. The zero-order valence-corrected chi connectivity index (χ0v) is 13.2. The lowest BCUT2D eigenvalue weighted by Crippen LogP contribution is -2.55. The van der Waals surface area contributed by atoms with Gasteiger partial charge in [0.15, 0.2) is 0 Å². The van der Waals surface area contributed by atoms with Crippen molar-refractivity contribution >= 4 is 17.4 Å². The molecule has 0 aromatic heterocycles. The van der Waals surface area contributed by atoms with E-state index in [4.69, 9.17) is 11.6 Å². The predicted octanol–water partition coefficient (Wildman–Crippen LogP) is 2.69. The third-order valence-electron chi connectivity index (χ3n) is 3.84. The van der Waals surface area contributed by atoms with E-state index in [0.717, 1.165) is 25.2 Å². The van der Waals surface area contributed by atoms with Crippen molar-refractivity contribution in [1.82, 2.24) is 10.2 Å². The molecule has 1 N–H and O–H groups in total. The number of benzene rings is 1. The molecule has 2 rings (SSSR count). The van der Waals surface area contributed by atoms with Crippen molar-refractivity contribution in [3.8, 4) is 0 Å². The molecule has 0 amide bonds. The van der Waals surface area contributed by atoms with Crippen molar-refractivity contribution in [3.63, 3.8) is 0 Å². The summed E-state index contributed by atoms with van der Waals surface area (Å²) < 4.78 is 0. The van der Waals surface area contributed by atoms with Gasteiger partial charge in [0.25, 0.3) is 0 Å². The van der Waals surface area contributed by atoms with Crippen LogP contribution in [0.2, 0.25) is 5.02 Å². The smallest absolute Gasteiger partial charge is 0.138 e. The molecule has 0 aliphatic carbocycles. The van der Waals surface area contributed by atoms with Crippen molar-refractivity contribution in [3.05, 3.63) is 34.9 Å². The van der Waals surface area contributed by atoms with Crippen molar-refractivity contribution in [2.45, 2.75) is 38.8 Å². The molecule has 0 radical (unpaired) electrons. The Morgan fingerprint density at radius 2 is 1.85 bits per heavy atom. The molecular weight excluding hydrogens is 272 g/mol. The average Bonchev–Trinajstić information content (AvgIpc) is 2.36. The Labute approximate surface area is 126 Å². The topological polar surface area (TPSA) is 32.3 Å². The molecule has 0 saturated carbocycles. The van der Waals surface area contributed by atoms with Gasteiger partial charge in [-0.15, -0.1) is 0 Å². The van der Waals surface area contributed by atoms with Gasteiger partial charge in [0, 0.05) is 36.7 Å². The monoisotopic (exact) mass is 294 g/mol. The third-order valence-corrected chi connectivity index (χ3v) is 4.09. The molecule has 1 aromatic carbocycles. The Kier molecular flexibility index (Phi) is 5.19. The van der Waals surface area contributed by atoms with Crippen LogP contribution < -0.4 is 5.32 Å². The molecule has 1 saturated heterocycles. The third kappa shape index (κ3) is 4.05. The van der Waals surface area contributed by atoms with Crippen LogP contribution in [-0.4, -0.2) is 42.4 Å². The van der Waals surface area contributed by atoms with Crippen LogP contribution >= 0.6 is 11.6 Å². The molecule has 0 spiro atoms. The normalized spacial score (nSPS) is 25.4. The molecule has 0 unspecified atom stereocenters. The van der Waals surface area contributed by atoms with Crippen LogP contribution in [0.4, 0.5) is 0 Å². The average molecular weight is 295 g/mol. The first-order chi connectivity index (χ1) is 9.45. The van der Waals surface area contributed by atoms with Crippen LogP contribution in [0.5, 0.6) is 0 Å². The van der Waals surface area contributed by atoms with Gasteiger partial charge in [-0.1, -0.05) is 23.7 Å². The number of Topliss-reactive ketones (excluding diaryl/α,β-unsaturated/α-hetero) is 1. The van der Waals surface area contributed by atoms with Gasteiger partial charge in [0.2, 0.25) is 0 Å². The zero-order chi connectivity index (χ0) is 14.7. The Hall–Kier alpha value is -0.900. The number of nitrogens with zero attached hydrogens (tertiary/aromatic N) is 1. The standard InChI is InChI=1S/C16H23ClN2O/c1-11-8-19(9-12(2)18-11)10-16(13(3)20)14-4-6-15(17)7-5-14/h4-7,11-12,16,18H,8-10H2,1-3H3/t11-,12+,16-/m0/s1. The predicted molar refractivity (Wildman–Crippen MR) is 83.4 cm³/mol. The fourth-order valence-electron chi connectivity index (χ4n) is 3.01. The van der Waals surface area contributed by atoms with Crippen LogP contribution in [0, 0.1) is 0 Å². The van der Waals surface area contributed by atoms with Gasteiger partial charge in [0.05, 0.1) is 5.92 Å². The lowest BCUT2D eigenvalue weighted by Gasteiger charge is -2.37. The molecule has 20 heavy (non-hydrogen) atoms. The molecule has 1 aliphatic rings. The van der Waals surface area contributed by atoms with E-state index < -0.39 is 0 Å². The highest BCUT2D eigenvalue weighted by atomic mass is 35.5. The van der Waals surface area contributed by atoms with Gasteiger partial charge in [-0.3, -0.25) is 9.69 Å².